The molecule has 0 N–H and O–H groups in total. The lowest BCUT2D eigenvalue weighted by molar-refractivity contribution is 0.631. The minimum absolute atomic E-state index is 0.142. The molecule has 0 aliphatic heterocycles. The van der Waals surface area contributed by atoms with Crippen LogP contribution in [0.25, 0.3) is 10.9 Å². The molecule has 5 heteroatoms. The Morgan fingerprint density at radius 2 is 2.33 bits per heavy atom. The van der Waals surface area contributed by atoms with Gasteiger partial charge in [0.05, 0.1) is 1.37 Å². The van der Waals surface area contributed by atoms with Gasteiger partial charge in [0.25, 0.3) is 0 Å². The normalized spacial score (nSPS) is 12.8. The number of nitrogens with zero attached hydrogens (tertiary/aromatic N) is 3. The second kappa shape index (κ2) is 2.64. The van der Waals surface area contributed by atoms with Gasteiger partial charge < -0.3 is 0 Å². The lowest BCUT2D eigenvalue weighted by Gasteiger charge is -1.96. The van der Waals surface area contributed by atoms with Crippen molar-refractivity contribution >= 4 is 22.5 Å². The van der Waals surface area contributed by atoms with E-state index in [0.717, 1.165) is 0 Å². The maximum absolute atomic E-state index is 13.3. The van der Waals surface area contributed by atoms with E-state index in [4.69, 9.17) is 14.3 Å². The average Bonchev–Trinajstić information content (AvgIpc) is 2.12. The fourth-order valence-corrected chi connectivity index (χ4v) is 0.945. The third-order valence-corrected chi connectivity index (χ3v) is 1.60. The Labute approximate surface area is 75.1 Å². The molecule has 0 saturated heterocycles. The van der Waals surface area contributed by atoms with Crippen LogP contribution in [-0.2, 0) is 0 Å². The first-order valence-corrected chi connectivity index (χ1v) is 3.42. The lowest BCUT2D eigenvalue weighted by Crippen LogP contribution is -1.89. The summed E-state index contributed by atoms with van der Waals surface area (Å²) in [6.07, 6.45) is 0.564. The van der Waals surface area contributed by atoms with E-state index >= 15 is 0 Å². The maximum atomic E-state index is 13.3. The van der Waals surface area contributed by atoms with E-state index in [1.54, 1.807) is 0 Å². The highest BCUT2D eigenvalue weighted by atomic mass is 35.5. The maximum Gasteiger partial charge on any atom is 0.186 e. The van der Waals surface area contributed by atoms with Crippen LogP contribution in [0.15, 0.2) is 18.7 Å². The molecule has 0 aromatic carbocycles. The highest BCUT2D eigenvalue weighted by Gasteiger charge is 2.06. The predicted molar refractivity (Wildman–Crippen MR) is 42.3 cm³/mol. The van der Waals surface area contributed by atoms with Gasteiger partial charge in [0, 0.05) is 17.8 Å². The summed E-state index contributed by atoms with van der Waals surface area (Å²) < 4.78 is 27.8. The Bertz CT molecular complexity index is 520. The monoisotopic (exact) mass is 185 g/mol. The second-order valence-corrected chi connectivity index (χ2v) is 2.42. The first-order valence-electron chi connectivity index (χ1n) is 4.04. The van der Waals surface area contributed by atoms with E-state index in [2.05, 4.69) is 15.0 Å². The number of pyridine rings is 1. The predicted octanol–water partition coefficient (Wildman–Crippen LogP) is 1.82. The zero-order valence-corrected chi connectivity index (χ0v) is 6.43. The van der Waals surface area contributed by atoms with Crippen LogP contribution in [0.2, 0.25) is 5.15 Å². The fraction of sp³-hybridized carbons (Fsp3) is 0. The van der Waals surface area contributed by atoms with E-state index in [9.17, 15) is 4.39 Å². The number of aromatic nitrogens is 3. The van der Waals surface area contributed by atoms with E-state index in [-0.39, 0.29) is 22.2 Å². The largest absolute Gasteiger partial charge is 0.244 e. The second-order valence-electron chi connectivity index (χ2n) is 2.06. The third kappa shape index (κ3) is 1.00. The standard InChI is InChI=1S/C7H3ClFN3/c8-7-5(9)6-4(2-11-7)1-10-3-12-6/h1-3H/i1D,3D. The summed E-state index contributed by atoms with van der Waals surface area (Å²) in [4.78, 5) is 10.5. The van der Waals surface area contributed by atoms with Gasteiger partial charge in [-0.2, -0.15) is 0 Å². The highest BCUT2D eigenvalue weighted by Crippen LogP contribution is 2.18. The zero-order valence-electron chi connectivity index (χ0n) is 7.67. The summed E-state index contributed by atoms with van der Waals surface area (Å²) >= 11 is 5.42. The molecule has 0 aliphatic rings. The van der Waals surface area contributed by atoms with Crippen molar-refractivity contribution in [3.05, 3.63) is 29.6 Å². The van der Waals surface area contributed by atoms with Crippen LogP contribution in [0.5, 0.6) is 0 Å². The smallest absolute Gasteiger partial charge is 0.186 e. The summed E-state index contributed by atoms with van der Waals surface area (Å²) in [7, 11) is 0. The molecule has 2 aromatic heterocycles. The van der Waals surface area contributed by atoms with Gasteiger partial charge in [0.15, 0.2) is 11.0 Å². The molecule has 0 fully saturated rings. The molecule has 0 saturated carbocycles. The summed E-state index contributed by atoms with van der Waals surface area (Å²) in [6.45, 7) is 0. The summed E-state index contributed by atoms with van der Waals surface area (Å²) in [5, 5.41) is -0.182. The van der Waals surface area contributed by atoms with Crippen molar-refractivity contribution in [2.24, 2.45) is 0 Å². The number of rotatable bonds is 0. The molecule has 0 amide bonds. The topological polar surface area (TPSA) is 38.7 Å². The van der Waals surface area contributed by atoms with Crippen LogP contribution in [-0.4, -0.2) is 15.0 Å². The molecular weight excluding hydrogens is 181 g/mol. The first-order chi connectivity index (χ1) is 6.59. The van der Waals surface area contributed by atoms with E-state index in [1.165, 1.54) is 6.20 Å². The minimum Gasteiger partial charge on any atom is -0.244 e. The van der Waals surface area contributed by atoms with Gasteiger partial charge in [-0.3, -0.25) is 0 Å². The van der Waals surface area contributed by atoms with Crippen molar-refractivity contribution in [3.8, 4) is 0 Å². The summed E-state index contributed by atoms with van der Waals surface area (Å²) in [5.41, 5.74) is -0.144. The van der Waals surface area contributed by atoms with Gasteiger partial charge in [-0.15, -0.1) is 0 Å². The highest BCUT2D eigenvalue weighted by molar-refractivity contribution is 6.30. The van der Waals surface area contributed by atoms with Gasteiger partial charge >= 0.3 is 0 Å². The zero-order chi connectivity index (χ0) is 10.3. The molecule has 0 unspecified atom stereocenters. The summed E-state index contributed by atoms with van der Waals surface area (Å²) in [5.74, 6) is -0.825. The average molecular weight is 186 g/mol. The first kappa shape index (κ1) is 5.37. The number of fused-ring (bicyclic) bond motifs is 1. The SMILES string of the molecule is [2H]c1nc([2H])c2cnc(Cl)c(F)c2n1. The quantitative estimate of drug-likeness (QED) is 0.588. The Morgan fingerprint density at radius 3 is 3.17 bits per heavy atom. The van der Waals surface area contributed by atoms with Crippen molar-refractivity contribution in [2.75, 3.05) is 0 Å². The molecule has 0 radical (unpaired) electrons. The van der Waals surface area contributed by atoms with E-state index in [0.29, 0.717) is 0 Å². The Hall–Kier alpha value is -1.29. The summed E-state index contributed by atoms with van der Waals surface area (Å²) in [6, 6.07) is 0. The van der Waals surface area contributed by atoms with Crippen molar-refractivity contribution < 1.29 is 7.13 Å². The molecular formula is C7H3ClFN3. The lowest BCUT2D eigenvalue weighted by atomic mass is 10.3. The fourth-order valence-electron chi connectivity index (χ4n) is 0.806. The molecule has 12 heavy (non-hydrogen) atoms. The number of halogens is 2. The molecule has 60 valence electrons. The molecule has 2 aromatic rings. The van der Waals surface area contributed by atoms with Crippen LogP contribution in [0.1, 0.15) is 2.74 Å². The van der Waals surface area contributed by atoms with Crippen molar-refractivity contribution in [1.82, 2.24) is 15.0 Å². The van der Waals surface area contributed by atoms with E-state index in [1.807, 2.05) is 0 Å². The van der Waals surface area contributed by atoms with Crippen molar-refractivity contribution in [1.29, 1.82) is 0 Å². The van der Waals surface area contributed by atoms with E-state index < -0.39 is 12.1 Å². The van der Waals surface area contributed by atoms with Crippen molar-refractivity contribution in [2.45, 2.75) is 0 Å². The van der Waals surface area contributed by atoms with Gasteiger partial charge in [-0.25, -0.2) is 19.3 Å². The van der Waals surface area contributed by atoms with Gasteiger partial charge in [0.1, 0.15) is 13.2 Å². The van der Waals surface area contributed by atoms with Crippen LogP contribution >= 0.6 is 11.6 Å². The van der Waals surface area contributed by atoms with Crippen LogP contribution < -0.4 is 0 Å². The molecule has 2 rings (SSSR count). The molecule has 0 atom stereocenters. The Kier molecular flexibility index (Phi) is 1.18. The number of hydrogen-bond donors (Lipinski definition) is 0. The molecule has 0 aliphatic carbocycles. The third-order valence-electron chi connectivity index (χ3n) is 1.34. The Morgan fingerprint density at radius 1 is 1.50 bits per heavy atom. The van der Waals surface area contributed by atoms with Crippen molar-refractivity contribution in [3.63, 3.8) is 0 Å². The van der Waals surface area contributed by atoms with Crippen LogP contribution in [0, 0.1) is 5.82 Å². The molecule has 0 bridgehead atoms. The molecule has 2 heterocycles. The van der Waals surface area contributed by atoms with Gasteiger partial charge in [-0.1, -0.05) is 11.6 Å². The molecule has 3 nitrogen and oxygen atoms in total. The van der Waals surface area contributed by atoms with Crippen LogP contribution in [0.4, 0.5) is 4.39 Å². The minimum atomic E-state index is -0.825. The molecule has 0 spiro atoms. The van der Waals surface area contributed by atoms with Crippen LogP contribution in [0.3, 0.4) is 0 Å². The van der Waals surface area contributed by atoms with Gasteiger partial charge in [-0.05, 0) is 0 Å². The Balaban J connectivity index is 2.95. The number of hydrogen-bond acceptors (Lipinski definition) is 3. The van der Waals surface area contributed by atoms with Gasteiger partial charge in [0.2, 0.25) is 0 Å².